The fourth-order valence-corrected chi connectivity index (χ4v) is 3.35. The van der Waals surface area contributed by atoms with Crippen molar-refractivity contribution in [1.29, 1.82) is 0 Å². The molecule has 1 aromatic rings. The number of nitrogens with zero attached hydrogens (tertiary/aromatic N) is 1. The molecule has 1 aliphatic rings. The molecule has 8 nitrogen and oxygen atoms in total. The van der Waals surface area contributed by atoms with Gasteiger partial charge in [0.05, 0.1) is 17.8 Å². The fourth-order valence-electron chi connectivity index (χ4n) is 2.78. The molecular formula is C17H23BrN4O4. The zero-order valence-electron chi connectivity index (χ0n) is 14.6. The van der Waals surface area contributed by atoms with E-state index in [-0.39, 0.29) is 18.6 Å². The van der Waals surface area contributed by atoms with Gasteiger partial charge < -0.3 is 20.5 Å². The predicted molar refractivity (Wildman–Crippen MR) is 102 cm³/mol. The zero-order valence-corrected chi connectivity index (χ0v) is 16.2. The van der Waals surface area contributed by atoms with Gasteiger partial charge in [0.2, 0.25) is 0 Å². The number of carbonyl (C=O) groups is 2. The first-order valence-electron chi connectivity index (χ1n) is 8.37. The number of hydrogen-bond acceptors (Lipinski definition) is 5. The van der Waals surface area contributed by atoms with Crippen molar-refractivity contribution < 1.29 is 19.1 Å². The molecule has 9 heteroatoms. The number of nitrogens with two attached hydrogens (primary N) is 1. The summed E-state index contributed by atoms with van der Waals surface area (Å²) < 4.78 is 11.6. The summed E-state index contributed by atoms with van der Waals surface area (Å²) in [7, 11) is 1.50. The van der Waals surface area contributed by atoms with E-state index in [4.69, 9.17) is 15.2 Å². The van der Waals surface area contributed by atoms with Crippen LogP contribution in [0, 0.1) is 0 Å². The minimum absolute atomic E-state index is 0.0951. The van der Waals surface area contributed by atoms with Crippen LogP contribution >= 0.6 is 15.9 Å². The maximum absolute atomic E-state index is 12.1. The third-order valence-electron chi connectivity index (χ3n) is 3.96. The Morgan fingerprint density at radius 2 is 2.08 bits per heavy atom. The fraction of sp³-hybridized carbons (Fsp3) is 0.471. The van der Waals surface area contributed by atoms with Gasteiger partial charge in [0.15, 0.2) is 18.1 Å². The first-order chi connectivity index (χ1) is 12.5. The molecule has 0 bridgehead atoms. The topological polar surface area (TPSA) is 115 Å². The molecule has 1 aliphatic carbocycles. The highest BCUT2D eigenvalue weighted by Gasteiger charge is 2.17. The van der Waals surface area contributed by atoms with Crippen molar-refractivity contribution in [1.82, 2.24) is 10.7 Å². The summed E-state index contributed by atoms with van der Waals surface area (Å²) in [6, 6.07) is 2.88. The van der Waals surface area contributed by atoms with E-state index in [0.29, 0.717) is 21.5 Å². The number of carbonyl (C=O) groups excluding carboxylic acids is 2. The minimum atomic E-state index is -0.754. The van der Waals surface area contributed by atoms with Crippen LogP contribution in [0.4, 0.5) is 4.79 Å². The summed E-state index contributed by atoms with van der Waals surface area (Å²) in [6.45, 7) is -0.0951. The Bertz CT molecular complexity index is 675. The van der Waals surface area contributed by atoms with Crippen LogP contribution in [0.5, 0.6) is 11.5 Å². The Hall–Kier alpha value is -2.29. The summed E-state index contributed by atoms with van der Waals surface area (Å²) in [5.74, 6) is 0.707. The first-order valence-corrected chi connectivity index (χ1v) is 9.17. The van der Waals surface area contributed by atoms with Crippen LogP contribution in [0.2, 0.25) is 0 Å². The van der Waals surface area contributed by atoms with Gasteiger partial charge in [-0.15, -0.1) is 0 Å². The molecule has 0 radical (unpaired) electrons. The summed E-state index contributed by atoms with van der Waals surface area (Å²) in [5, 5.41) is 6.70. The van der Waals surface area contributed by atoms with Gasteiger partial charge in [0.25, 0.3) is 5.91 Å². The monoisotopic (exact) mass is 426 g/mol. The lowest BCUT2D eigenvalue weighted by molar-refractivity contribution is -0.124. The Kier molecular flexibility index (Phi) is 7.71. The summed E-state index contributed by atoms with van der Waals surface area (Å²) in [6.07, 6.45) is 6.99. The molecule has 3 amide bonds. The number of methoxy groups -OCH3 is 1. The van der Waals surface area contributed by atoms with E-state index in [1.54, 1.807) is 12.1 Å². The van der Waals surface area contributed by atoms with Crippen molar-refractivity contribution in [2.45, 2.75) is 38.1 Å². The van der Waals surface area contributed by atoms with Crippen LogP contribution in [0.1, 0.15) is 37.7 Å². The van der Waals surface area contributed by atoms with E-state index in [2.05, 4.69) is 31.8 Å². The third kappa shape index (κ3) is 6.21. The van der Waals surface area contributed by atoms with Gasteiger partial charge in [0, 0.05) is 6.04 Å². The maximum atomic E-state index is 12.1. The molecule has 142 valence electrons. The van der Waals surface area contributed by atoms with Crippen molar-refractivity contribution in [3.63, 3.8) is 0 Å². The first kappa shape index (κ1) is 20.0. The van der Waals surface area contributed by atoms with Crippen molar-refractivity contribution in [2.24, 2.45) is 10.8 Å². The number of halogens is 1. The largest absolute Gasteiger partial charge is 0.493 e. The standard InChI is InChI=1S/C17H23BrN4O4/c1-25-14-8-11(9-20-22-17(19)24)7-13(18)16(14)26-10-15(23)21-12-5-3-2-4-6-12/h7-9,12H,2-6,10H2,1H3,(H,21,23)(H3,19,22,24). The van der Waals surface area contributed by atoms with Crippen molar-refractivity contribution in [2.75, 3.05) is 13.7 Å². The third-order valence-corrected chi connectivity index (χ3v) is 4.55. The van der Waals surface area contributed by atoms with E-state index in [9.17, 15) is 9.59 Å². The number of ether oxygens (including phenoxy) is 2. The molecule has 0 spiro atoms. The van der Waals surface area contributed by atoms with Crippen LogP contribution in [0.15, 0.2) is 21.7 Å². The molecular weight excluding hydrogens is 404 g/mol. The molecule has 2 rings (SSSR count). The lowest BCUT2D eigenvalue weighted by Gasteiger charge is -2.23. The average Bonchev–Trinajstić information content (AvgIpc) is 2.61. The molecule has 0 heterocycles. The van der Waals surface area contributed by atoms with Crippen molar-refractivity contribution >= 4 is 34.1 Å². The number of primary amides is 1. The van der Waals surface area contributed by atoms with Crippen molar-refractivity contribution in [3.8, 4) is 11.5 Å². The quantitative estimate of drug-likeness (QED) is 0.458. The van der Waals surface area contributed by atoms with Gasteiger partial charge >= 0.3 is 6.03 Å². The van der Waals surface area contributed by atoms with Gasteiger partial charge in [0.1, 0.15) is 0 Å². The summed E-state index contributed by atoms with van der Waals surface area (Å²) in [5.41, 5.74) is 7.71. The van der Waals surface area contributed by atoms with Crippen LogP contribution in [-0.2, 0) is 4.79 Å². The minimum Gasteiger partial charge on any atom is -0.493 e. The molecule has 0 aromatic heterocycles. The molecule has 0 aliphatic heterocycles. The summed E-state index contributed by atoms with van der Waals surface area (Å²) >= 11 is 3.40. The average molecular weight is 427 g/mol. The molecule has 1 aromatic carbocycles. The SMILES string of the molecule is COc1cc(C=NNC(N)=O)cc(Br)c1OCC(=O)NC1CCCCC1. The van der Waals surface area contributed by atoms with Crippen LogP contribution < -0.4 is 25.9 Å². The van der Waals surface area contributed by atoms with Crippen LogP contribution in [-0.4, -0.2) is 37.9 Å². The zero-order chi connectivity index (χ0) is 18.9. The predicted octanol–water partition coefficient (Wildman–Crippen LogP) is 2.29. The smallest absolute Gasteiger partial charge is 0.332 e. The van der Waals surface area contributed by atoms with Gasteiger partial charge in [-0.3, -0.25) is 4.79 Å². The molecule has 26 heavy (non-hydrogen) atoms. The number of nitrogens with one attached hydrogen (secondary N) is 2. The molecule has 0 atom stereocenters. The van der Waals surface area contributed by atoms with Gasteiger partial charge in [-0.1, -0.05) is 19.3 Å². The highest BCUT2D eigenvalue weighted by Crippen LogP contribution is 2.36. The van der Waals surface area contributed by atoms with Gasteiger partial charge in [-0.25, -0.2) is 10.2 Å². The van der Waals surface area contributed by atoms with E-state index >= 15 is 0 Å². The van der Waals surface area contributed by atoms with Gasteiger partial charge in [-0.2, -0.15) is 5.10 Å². The van der Waals surface area contributed by atoms with Crippen LogP contribution in [0.3, 0.4) is 0 Å². The van der Waals surface area contributed by atoms with E-state index < -0.39 is 6.03 Å². The number of hydrazone groups is 1. The molecule has 1 fully saturated rings. The normalized spacial score (nSPS) is 14.8. The second kappa shape index (κ2) is 10.0. The molecule has 4 N–H and O–H groups in total. The number of hydrogen-bond donors (Lipinski definition) is 3. The Labute approximate surface area is 160 Å². The number of urea groups is 1. The lowest BCUT2D eigenvalue weighted by atomic mass is 9.95. The van der Waals surface area contributed by atoms with E-state index in [0.717, 1.165) is 25.7 Å². The Balaban J connectivity index is 1.98. The Morgan fingerprint density at radius 1 is 1.35 bits per heavy atom. The van der Waals surface area contributed by atoms with E-state index in [1.807, 2.05) is 0 Å². The second-order valence-corrected chi connectivity index (χ2v) is 6.81. The molecule has 0 unspecified atom stereocenters. The summed E-state index contributed by atoms with van der Waals surface area (Å²) in [4.78, 5) is 22.7. The van der Waals surface area contributed by atoms with Crippen LogP contribution in [0.25, 0.3) is 0 Å². The number of benzene rings is 1. The maximum Gasteiger partial charge on any atom is 0.332 e. The Morgan fingerprint density at radius 3 is 2.73 bits per heavy atom. The number of amides is 3. The molecule has 1 saturated carbocycles. The van der Waals surface area contributed by atoms with Crippen molar-refractivity contribution in [3.05, 3.63) is 22.2 Å². The van der Waals surface area contributed by atoms with E-state index in [1.165, 1.54) is 19.7 Å². The number of rotatable bonds is 7. The lowest BCUT2D eigenvalue weighted by Crippen LogP contribution is -2.39. The molecule has 0 saturated heterocycles. The highest BCUT2D eigenvalue weighted by atomic mass is 79.9. The highest BCUT2D eigenvalue weighted by molar-refractivity contribution is 9.10. The second-order valence-electron chi connectivity index (χ2n) is 5.96. The van der Waals surface area contributed by atoms with Gasteiger partial charge in [-0.05, 0) is 46.5 Å².